The number of aliphatic hydroxyl groups excluding tert-OH is 1. The molecule has 2 saturated heterocycles. The van der Waals surface area contributed by atoms with Gasteiger partial charge in [-0.1, -0.05) is 0 Å². The van der Waals surface area contributed by atoms with Crippen molar-refractivity contribution in [3.05, 3.63) is 35.8 Å². The molecule has 5 fully saturated rings. The first kappa shape index (κ1) is 23.8. The molecule has 2 bridgehead atoms. The van der Waals surface area contributed by atoms with Gasteiger partial charge >= 0.3 is 0 Å². The topological polar surface area (TPSA) is 114 Å². The van der Waals surface area contributed by atoms with Crippen molar-refractivity contribution < 1.29 is 19.1 Å². The number of fused-ring (bicyclic) bond motifs is 1. The number of anilines is 4. The van der Waals surface area contributed by atoms with Crippen LogP contribution in [0.1, 0.15) is 31.2 Å². The SMILES string of the molecule is O=C1NCC[C@@]12Cc1cnc(Nc3ccc(N4CCN(CCO)CC4)c(F)c3)nc1N(C13CC(C1)C3)C2=O. The summed E-state index contributed by atoms with van der Waals surface area (Å²) in [5, 5.41) is 15.1. The number of aromatic nitrogens is 2. The molecular weight excluding hydrogens is 489 g/mol. The number of nitrogens with one attached hydrogen (secondary N) is 2. The second kappa shape index (κ2) is 8.60. The van der Waals surface area contributed by atoms with Gasteiger partial charge in [0.05, 0.1) is 17.8 Å². The van der Waals surface area contributed by atoms with Crippen molar-refractivity contribution in [3.63, 3.8) is 0 Å². The maximum atomic E-state index is 15.1. The minimum Gasteiger partial charge on any atom is -0.395 e. The number of nitrogens with zero attached hydrogens (tertiary/aromatic N) is 5. The molecule has 3 saturated carbocycles. The van der Waals surface area contributed by atoms with Crippen LogP contribution in [0.5, 0.6) is 0 Å². The minimum atomic E-state index is -1.07. The van der Waals surface area contributed by atoms with E-state index in [1.54, 1.807) is 12.3 Å². The van der Waals surface area contributed by atoms with Crippen LogP contribution < -0.4 is 20.4 Å². The minimum absolute atomic E-state index is 0.128. The number of piperazine rings is 1. The molecule has 3 aliphatic heterocycles. The predicted molar refractivity (Wildman–Crippen MR) is 139 cm³/mol. The highest BCUT2D eigenvalue weighted by Gasteiger charge is 2.67. The van der Waals surface area contributed by atoms with Gasteiger partial charge in [-0.05, 0) is 49.8 Å². The van der Waals surface area contributed by atoms with Crippen molar-refractivity contribution in [2.45, 2.75) is 37.6 Å². The third kappa shape index (κ3) is 3.51. The third-order valence-electron chi connectivity index (χ3n) is 9.24. The Balaban J connectivity index is 1.13. The first-order valence-corrected chi connectivity index (χ1v) is 13.5. The number of hydrogen-bond acceptors (Lipinski definition) is 8. The molecule has 3 aliphatic carbocycles. The van der Waals surface area contributed by atoms with Gasteiger partial charge in [-0.15, -0.1) is 0 Å². The van der Waals surface area contributed by atoms with Gasteiger partial charge in [0.15, 0.2) is 0 Å². The van der Waals surface area contributed by atoms with E-state index in [4.69, 9.17) is 10.1 Å². The molecule has 1 aromatic heterocycles. The summed E-state index contributed by atoms with van der Waals surface area (Å²) >= 11 is 0. The number of halogens is 1. The van der Waals surface area contributed by atoms with Gasteiger partial charge in [0.2, 0.25) is 17.8 Å². The van der Waals surface area contributed by atoms with E-state index in [0.29, 0.717) is 68.1 Å². The summed E-state index contributed by atoms with van der Waals surface area (Å²) in [5.41, 5.74) is 0.567. The van der Waals surface area contributed by atoms with E-state index in [2.05, 4.69) is 20.5 Å². The lowest BCUT2D eigenvalue weighted by Gasteiger charge is -2.67. The maximum absolute atomic E-state index is 15.1. The highest BCUT2D eigenvalue weighted by Crippen LogP contribution is 2.63. The number of rotatable bonds is 6. The first-order chi connectivity index (χ1) is 18.4. The van der Waals surface area contributed by atoms with Crippen LogP contribution >= 0.6 is 0 Å². The van der Waals surface area contributed by atoms with E-state index < -0.39 is 5.41 Å². The van der Waals surface area contributed by atoms with Crippen molar-refractivity contribution in [2.24, 2.45) is 11.3 Å². The van der Waals surface area contributed by atoms with E-state index in [0.717, 1.165) is 37.9 Å². The molecule has 2 amide bonds. The third-order valence-corrected chi connectivity index (χ3v) is 9.24. The summed E-state index contributed by atoms with van der Waals surface area (Å²) in [6.07, 6.45) is 5.34. The number of β-amino-alcohol motifs (C(OH)–C–C–N with tert-alkyl or cyclic N) is 1. The molecule has 11 heteroatoms. The van der Waals surface area contributed by atoms with Gasteiger partial charge in [-0.3, -0.25) is 19.4 Å². The van der Waals surface area contributed by atoms with Gasteiger partial charge in [-0.2, -0.15) is 4.98 Å². The fourth-order valence-electron chi connectivity index (χ4n) is 7.00. The van der Waals surface area contributed by atoms with Crippen LogP contribution in [0.15, 0.2) is 24.4 Å². The summed E-state index contributed by atoms with van der Waals surface area (Å²) in [5.74, 6) is 0.858. The largest absolute Gasteiger partial charge is 0.395 e. The number of aliphatic hydroxyl groups is 1. The zero-order valence-electron chi connectivity index (χ0n) is 21.2. The number of carbonyl (C=O) groups excluding carboxylic acids is 2. The van der Waals surface area contributed by atoms with Gasteiger partial charge < -0.3 is 20.6 Å². The van der Waals surface area contributed by atoms with Gasteiger partial charge in [0, 0.05) is 63.1 Å². The van der Waals surface area contributed by atoms with Gasteiger partial charge in [-0.25, -0.2) is 9.37 Å². The summed E-state index contributed by atoms with van der Waals surface area (Å²) in [6.45, 7) is 4.23. The lowest BCUT2D eigenvalue weighted by Crippen LogP contribution is -2.73. The molecule has 0 radical (unpaired) electrons. The van der Waals surface area contributed by atoms with Crippen molar-refractivity contribution in [2.75, 3.05) is 61.0 Å². The molecule has 3 N–H and O–H groups in total. The Morgan fingerprint density at radius 3 is 2.58 bits per heavy atom. The zero-order valence-corrected chi connectivity index (χ0v) is 21.2. The molecule has 10 nitrogen and oxygen atoms in total. The Morgan fingerprint density at radius 1 is 1.16 bits per heavy atom. The van der Waals surface area contributed by atoms with Crippen molar-refractivity contribution in [1.29, 1.82) is 0 Å². The van der Waals surface area contributed by atoms with Gasteiger partial charge in [0.25, 0.3) is 0 Å². The summed E-state index contributed by atoms with van der Waals surface area (Å²) in [6, 6.07) is 5.02. The van der Waals surface area contributed by atoms with Crippen LogP contribution in [0.25, 0.3) is 0 Å². The van der Waals surface area contributed by atoms with E-state index in [1.807, 2.05) is 15.9 Å². The lowest BCUT2D eigenvalue weighted by molar-refractivity contribution is -0.144. The van der Waals surface area contributed by atoms with Crippen LogP contribution in [-0.4, -0.2) is 83.2 Å². The molecule has 200 valence electrons. The number of carbonyl (C=O) groups is 2. The van der Waals surface area contributed by atoms with Crippen LogP contribution in [-0.2, 0) is 16.0 Å². The van der Waals surface area contributed by atoms with E-state index in [1.165, 1.54) is 6.07 Å². The molecule has 0 unspecified atom stereocenters. The van der Waals surface area contributed by atoms with E-state index in [-0.39, 0.29) is 29.8 Å². The number of hydrogen-bond donors (Lipinski definition) is 3. The average Bonchev–Trinajstić information content (AvgIpc) is 3.22. The van der Waals surface area contributed by atoms with Crippen LogP contribution in [0.4, 0.5) is 27.5 Å². The molecule has 2 aromatic rings. The Hall–Kier alpha value is -3.31. The molecule has 4 heterocycles. The fourth-order valence-corrected chi connectivity index (χ4v) is 7.00. The molecule has 38 heavy (non-hydrogen) atoms. The lowest BCUT2D eigenvalue weighted by atomic mass is 9.48. The Kier molecular flexibility index (Phi) is 5.38. The second-order valence-electron chi connectivity index (χ2n) is 11.5. The Labute approximate surface area is 220 Å². The Morgan fingerprint density at radius 2 is 1.95 bits per heavy atom. The molecule has 1 aromatic carbocycles. The summed E-state index contributed by atoms with van der Waals surface area (Å²) < 4.78 is 15.1. The fraction of sp³-hybridized carbons (Fsp3) is 0.556. The second-order valence-corrected chi connectivity index (χ2v) is 11.5. The van der Waals surface area contributed by atoms with Crippen LogP contribution in [0.3, 0.4) is 0 Å². The quantitative estimate of drug-likeness (QED) is 0.490. The van der Waals surface area contributed by atoms with E-state index >= 15 is 4.39 Å². The molecule has 1 atom stereocenters. The molecule has 1 spiro atoms. The average molecular weight is 522 g/mol. The predicted octanol–water partition coefficient (Wildman–Crippen LogP) is 1.42. The van der Waals surface area contributed by atoms with E-state index in [9.17, 15) is 9.59 Å². The molecule has 8 rings (SSSR count). The highest BCUT2D eigenvalue weighted by molar-refractivity contribution is 6.15. The summed E-state index contributed by atoms with van der Waals surface area (Å²) in [7, 11) is 0. The number of benzene rings is 1. The van der Waals surface area contributed by atoms with Crippen LogP contribution in [0, 0.1) is 17.2 Å². The summed E-state index contributed by atoms with van der Waals surface area (Å²) in [4.78, 5) is 41.9. The molecular formula is C27H32FN7O3. The zero-order chi connectivity index (χ0) is 26.1. The first-order valence-electron chi connectivity index (χ1n) is 13.5. The number of amides is 2. The maximum Gasteiger partial charge on any atom is 0.244 e. The Bertz CT molecular complexity index is 1300. The van der Waals surface area contributed by atoms with Crippen LogP contribution in [0.2, 0.25) is 0 Å². The van der Waals surface area contributed by atoms with Crippen molar-refractivity contribution >= 4 is 35.0 Å². The smallest absolute Gasteiger partial charge is 0.244 e. The highest BCUT2D eigenvalue weighted by atomic mass is 19.1. The normalized spacial score (nSPS) is 30.1. The van der Waals surface area contributed by atoms with Crippen molar-refractivity contribution in [1.82, 2.24) is 20.2 Å². The van der Waals surface area contributed by atoms with Crippen molar-refractivity contribution in [3.8, 4) is 0 Å². The monoisotopic (exact) mass is 521 g/mol. The molecule has 6 aliphatic rings. The van der Waals surface area contributed by atoms with Gasteiger partial charge in [0.1, 0.15) is 17.1 Å². The standard InChI is InChI=1S/C27H32FN7O3/c28-20-11-19(1-2-21(20)34-7-5-33(6-8-34)9-10-36)31-25-30-16-18-15-27(3-4-29-23(27)37)24(38)35(22(18)32-25)26-12-17(13-26)14-26/h1-2,11,16-17,36H,3-10,12-15H2,(H,29,37)(H,30,31,32)/t17?,26?,27-/m1/s1.